The van der Waals surface area contributed by atoms with E-state index in [0.29, 0.717) is 0 Å². The molecule has 4 rings (SSSR count). The maximum absolute atomic E-state index is 11.5. The van der Waals surface area contributed by atoms with Crippen LogP contribution < -0.4 is 5.73 Å². The number of aromatic nitrogens is 3. The lowest BCUT2D eigenvalue weighted by atomic mass is 10.0. The Kier molecular flexibility index (Phi) is 3.31. The zero-order chi connectivity index (χ0) is 15.8. The number of benzene rings is 1. The minimum absolute atomic E-state index is 0.270. The van der Waals surface area contributed by atoms with Crippen molar-refractivity contribution >= 4 is 16.8 Å². The third kappa shape index (κ3) is 2.57. The van der Waals surface area contributed by atoms with E-state index in [0.717, 1.165) is 41.7 Å². The Morgan fingerprint density at radius 2 is 2.09 bits per heavy atom. The molecule has 1 saturated heterocycles. The van der Waals surface area contributed by atoms with E-state index in [1.165, 1.54) is 12.0 Å². The molecule has 0 bridgehead atoms. The number of carbonyl (C=O) groups is 1. The molecule has 116 valence electrons. The van der Waals surface area contributed by atoms with Crippen LogP contribution in [-0.4, -0.2) is 39.1 Å². The monoisotopic (exact) mass is 307 g/mol. The first kappa shape index (κ1) is 13.9. The van der Waals surface area contributed by atoms with E-state index >= 15 is 0 Å². The average molecular weight is 307 g/mol. The molecule has 1 fully saturated rings. The second kappa shape index (κ2) is 5.48. The highest BCUT2D eigenvalue weighted by Crippen LogP contribution is 2.26. The van der Waals surface area contributed by atoms with Gasteiger partial charge in [0, 0.05) is 29.9 Å². The maximum Gasteiger partial charge on any atom is 0.269 e. The number of aromatic amines is 1. The first-order valence-corrected chi connectivity index (χ1v) is 7.65. The van der Waals surface area contributed by atoms with Gasteiger partial charge >= 0.3 is 0 Å². The summed E-state index contributed by atoms with van der Waals surface area (Å²) in [6.45, 7) is 3.25. The second-order valence-corrected chi connectivity index (χ2v) is 5.91. The topological polar surface area (TPSA) is 87.9 Å². The number of hydrogen-bond acceptors (Lipinski definition) is 4. The molecule has 2 aromatic heterocycles. The first-order chi connectivity index (χ1) is 11.2. The van der Waals surface area contributed by atoms with E-state index in [9.17, 15) is 4.79 Å². The molecule has 1 aliphatic rings. The smallest absolute Gasteiger partial charge is 0.269 e. The fourth-order valence-corrected chi connectivity index (χ4v) is 2.91. The van der Waals surface area contributed by atoms with Gasteiger partial charge in [0.1, 0.15) is 0 Å². The number of carbonyl (C=O) groups excluding carboxylic acids is 1. The molecule has 0 saturated carbocycles. The molecule has 1 amide bonds. The van der Waals surface area contributed by atoms with Crippen molar-refractivity contribution in [3.05, 3.63) is 47.9 Å². The van der Waals surface area contributed by atoms with Crippen molar-refractivity contribution in [2.75, 3.05) is 13.1 Å². The summed E-state index contributed by atoms with van der Waals surface area (Å²) >= 11 is 0. The minimum Gasteiger partial charge on any atom is -0.364 e. The summed E-state index contributed by atoms with van der Waals surface area (Å²) in [5, 5.41) is 7.55. The summed E-state index contributed by atoms with van der Waals surface area (Å²) in [6, 6.07) is 7.99. The molecule has 6 nitrogen and oxygen atoms in total. The molecule has 0 radical (unpaired) electrons. The number of rotatable bonds is 4. The molecular weight excluding hydrogens is 290 g/mol. The molecule has 0 spiro atoms. The number of amides is 1. The maximum atomic E-state index is 11.5. The van der Waals surface area contributed by atoms with Crippen LogP contribution in [0.5, 0.6) is 0 Å². The predicted molar refractivity (Wildman–Crippen MR) is 87.7 cm³/mol. The van der Waals surface area contributed by atoms with Crippen LogP contribution in [0.3, 0.4) is 0 Å². The van der Waals surface area contributed by atoms with Crippen molar-refractivity contribution < 1.29 is 4.79 Å². The number of likely N-dealkylation sites (tertiary alicyclic amines) is 1. The van der Waals surface area contributed by atoms with Gasteiger partial charge in [-0.05, 0) is 48.8 Å². The van der Waals surface area contributed by atoms with E-state index in [4.69, 9.17) is 5.73 Å². The molecule has 3 aromatic rings. The summed E-state index contributed by atoms with van der Waals surface area (Å²) in [7, 11) is 0. The van der Waals surface area contributed by atoms with Crippen LogP contribution in [0.25, 0.3) is 22.0 Å². The van der Waals surface area contributed by atoms with E-state index in [1.807, 2.05) is 30.6 Å². The Morgan fingerprint density at radius 1 is 1.22 bits per heavy atom. The number of primary amides is 1. The molecule has 23 heavy (non-hydrogen) atoms. The van der Waals surface area contributed by atoms with Gasteiger partial charge in [0.05, 0.1) is 5.52 Å². The third-order valence-corrected chi connectivity index (χ3v) is 4.28. The normalized spacial score (nSPS) is 14.8. The number of nitrogens with one attached hydrogen (secondary N) is 1. The van der Waals surface area contributed by atoms with Gasteiger partial charge in [-0.2, -0.15) is 5.10 Å². The van der Waals surface area contributed by atoms with Crippen molar-refractivity contribution in [3.8, 4) is 11.1 Å². The van der Waals surface area contributed by atoms with Gasteiger partial charge in [-0.1, -0.05) is 6.07 Å². The second-order valence-electron chi connectivity index (χ2n) is 5.91. The van der Waals surface area contributed by atoms with Crippen LogP contribution in [0.1, 0.15) is 22.5 Å². The summed E-state index contributed by atoms with van der Waals surface area (Å²) in [6.07, 6.45) is 5.03. The molecule has 3 N–H and O–H groups in total. The van der Waals surface area contributed by atoms with Gasteiger partial charge in [-0.25, -0.2) is 0 Å². The van der Waals surface area contributed by atoms with Crippen LogP contribution in [0.15, 0.2) is 36.7 Å². The molecule has 1 aromatic carbocycles. The number of H-pyrrole nitrogens is 1. The Balaban J connectivity index is 1.71. The van der Waals surface area contributed by atoms with Crippen molar-refractivity contribution in [1.29, 1.82) is 0 Å². The Morgan fingerprint density at radius 3 is 2.83 bits per heavy atom. The zero-order valence-electron chi connectivity index (χ0n) is 12.6. The molecular formula is C17H17N5O. The molecule has 1 aliphatic heterocycles. The number of nitrogens with two attached hydrogens (primary N) is 1. The van der Waals surface area contributed by atoms with Crippen LogP contribution in [-0.2, 0) is 6.54 Å². The van der Waals surface area contributed by atoms with E-state index in [2.05, 4.69) is 26.1 Å². The predicted octanol–water partition coefficient (Wildman–Crippen LogP) is 1.93. The molecule has 6 heteroatoms. The lowest BCUT2D eigenvalue weighted by Gasteiger charge is -2.30. The van der Waals surface area contributed by atoms with Crippen molar-refractivity contribution in [1.82, 2.24) is 20.1 Å². The zero-order valence-corrected chi connectivity index (χ0v) is 12.6. The number of nitrogens with zero attached hydrogens (tertiary/aromatic N) is 3. The van der Waals surface area contributed by atoms with Crippen molar-refractivity contribution in [3.63, 3.8) is 0 Å². The Bertz CT molecular complexity index is 882. The van der Waals surface area contributed by atoms with Gasteiger partial charge in [0.15, 0.2) is 5.69 Å². The summed E-state index contributed by atoms with van der Waals surface area (Å²) < 4.78 is 0. The van der Waals surface area contributed by atoms with E-state index in [-0.39, 0.29) is 5.69 Å². The Labute approximate surface area is 133 Å². The number of pyridine rings is 1. The molecule has 0 unspecified atom stereocenters. The quantitative estimate of drug-likeness (QED) is 0.771. The average Bonchev–Trinajstić information content (AvgIpc) is 2.94. The number of fused-ring (bicyclic) bond motifs is 1. The van der Waals surface area contributed by atoms with Crippen LogP contribution in [0, 0.1) is 0 Å². The summed E-state index contributed by atoms with van der Waals surface area (Å²) in [4.78, 5) is 18.2. The highest BCUT2D eigenvalue weighted by Gasteiger charge is 2.15. The van der Waals surface area contributed by atoms with Gasteiger partial charge in [0.2, 0.25) is 0 Å². The van der Waals surface area contributed by atoms with Crippen LogP contribution in [0.2, 0.25) is 0 Å². The molecule has 3 heterocycles. The lowest BCUT2D eigenvalue weighted by Crippen LogP contribution is -2.36. The SMILES string of the molecule is NC(=O)c1n[nH]c2ccc(-c3cncc(CN4CCC4)c3)cc12. The summed E-state index contributed by atoms with van der Waals surface area (Å²) in [5.41, 5.74) is 9.67. The lowest BCUT2D eigenvalue weighted by molar-refractivity contribution is 0.0997. The largest absolute Gasteiger partial charge is 0.364 e. The van der Waals surface area contributed by atoms with Gasteiger partial charge in [-0.15, -0.1) is 0 Å². The van der Waals surface area contributed by atoms with E-state index in [1.54, 1.807) is 0 Å². The molecule has 0 aliphatic carbocycles. The highest BCUT2D eigenvalue weighted by atomic mass is 16.1. The fourth-order valence-electron chi connectivity index (χ4n) is 2.91. The minimum atomic E-state index is -0.530. The molecule has 0 atom stereocenters. The van der Waals surface area contributed by atoms with Gasteiger partial charge in [-0.3, -0.25) is 19.8 Å². The number of hydrogen-bond donors (Lipinski definition) is 2. The fraction of sp³-hybridized carbons (Fsp3) is 0.235. The summed E-state index contributed by atoms with van der Waals surface area (Å²) in [5.74, 6) is -0.530. The van der Waals surface area contributed by atoms with Crippen molar-refractivity contribution in [2.24, 2.45) is 5.73 Å². The van der Waals surface area contributed by atoms with Crippen LogP contribution >= 0.6 is 0 Å². The highest BCUT2D eigenvalue weighted by molar-refractivity contribution is 6.04. The van der Waals surface area contributed by atoms with Gasteiger partial charge in [0.25, 0.3) is 5.91 Å². The first-order valence-electron chi connectivity index (χ1n) is 7.65. The Hall–Kier alpha value is -2.73. The van der Waals surface area contributed by atoms with Gasteiger partial charge < -0.3 is 5.73 Å². The van der Waals surface area contributed by atoms with E-state index < -0.39 is 5.91 Å². The third-order valence-electron chi connectivity index (χ3n) is 4.28. The van der Waals surface area contributed by atoms with Crippen molar-refractivity contribution in [2.45, 2.75) is 13.0 Å². The standard InChI is InChI=1S/C17H17N5O/c18-17(23)16-14-7-12(2-3-15(14)20-21-16)13-6-11(8-19-9-13)10-22-4-1-5-22/h2-3,6-9H,1,4-5,10H2,(H2,18,23)(H,20,21). The van der Waals surface area contributed by atoms with Crippen LogP contribution in [0.4, 0.5) is 0 Å².